The Labute approximate surface area is 113 Å². The number of nitrogens with zero attached hydrogens (tertiary/aromatic N) is 2. The molecule has 19 heavy (non-hydrogen) atoms. The summed E-state index contributed by atoms with van der Waals surface area (Å²) >= 11 is 0. The van der Waals surface area contributed by atoms with Crippen LogP contribution in [0.1, 0.15) is 31.7 Å². The van der Waals surface area contributed by atoms with Crippen molar-refractivity contribution < 1.29 is 5.11 Å². The number of nitrogens with one attached hydrogen (secondary N) is 1. The lowest BCUT2D eigenvalue weighted by molar-refractivity contribution is 0.106. The Kier molecular flexibility index (Phi) is 3.29. The molecule has 2 atom stereocenters. The minimum Gasteiger partial charge on any atom is -0.394 e. The van der Waals surface area contributed by atoms with Gasteiger partial charge in [-0.1, -0.05) is 12.1 Å². The Hall–Kier alpha value is -1.39. The maximum absolute atomic E-state index is 9.68. The summed E-state index contributed by atoms with van der Waals surface area (Å²) in [5.74, 6) is 0. The molecule has 1 saturated carbocycles. The minimum atomic E-state index is -0.131. The quantitative estimate of drug-likeness (QED) is 0.887. The second-order valence-corrected chi connectivity index (χ2v) is 5.58. The van der Waals surface area contributed by atoms with Gasteiger partial charge in [0, 0.05) is 11.6 Å². The van der Waals surface area contributed by atoms with E-state index in [0.717, 1.165) is 31.2 Å². The maximum atomic E-state index is 9.68. The number of aromatic nitrogens is 2. The molecule has 0 saturated heterocycles. The average molecular weight is 259 g/mol. The zero-order valence-electron chi connectivity index (χ0n) is 11.3. The van der Waals surface area contributed by atoms with Gasteiger partial charge in [-0.25, -0.2) is 4.98 Å². The summed E-state index contributed by atoms with van der Waals surface area (Å²) in [6.45, 7) is 0.201. The zero-order valence-corrected chi connectivity index (χ0v) is 11.3. The molecule has 0 aliphatic heterocycles. The van der Waals surface area contributed by atoms with Crippen molar-refractivity contribution >= 4 is 11.0 Å². The van der Waals surface area contributed by atoms with Gasteiger partial charge >= 0.3 is 0 Å². The first-order valence-electron chi connectivity index (χ1n) is 6.99. The summed E-state index contributed by atoms with van der Waals surface area (Å²) in [5.41, 5.74) is 2.11. The lowest BCUT2D eigenvalue weighted by Crippen LogP contribution is -2.50. The highest BCUT2D eigenvalue weighted by Gasteiger charge is 2.35. The highest BCUT2D eigenvalue weighted by atomic mass is 16.3. The molecule has 102 valence electrons. The van der Waals surface area contributed by atoms with Crippen LogP contribution in [0.4, 0.5) is 0 Å². The third-order valence-electron chi connectivity index (χ3n) is 4.53. The first-order valence-corrected chi connectivity index (χ1v) is 6.99. The smallest absolute Gasteiger partial charge is 0.0960 e. The molecular weight excluding hydrogens is 238 g/mol. The van der Waals surface area contributed by atoms with E-state index in [1.54, 1.807) is 0 Å². The van der Waals surface area contributed by atoms with Crippen molar-refractivity contribution in [1.29, 1.82) is 0 Å². The fourth-order valence-corrected chi connectivity index (χ4v) is 3.29. The summed E-state index contributed by atoms with van der Waals surface area (Å²) in [5, 5.41) is 13.0. The van der Waals surface area contributed by atoms with Gasteiger partial charge in [0.1, 0.15) is 0 Å². The molecule has 3 rings (SSSR count). The molecule has 1 aromatic carbocycles. The van der Waals surface area contributed by atoms with Crippen LogP contribution in [-0.2, 0) is 0 Å². The van der Waals surface area contributed by atoms with Crippen LogP contribution in [0.3, 0.4) is 0 Å². The number of aliphatic hydroxyl groups is 1. The van der Waals surface area contributed by atoms with Crippen molar-refractivity contribution in [2.24, 2.45) is 0 Å². The summed E-state index contributed by atoms with van der Waals surface area (Å²) in [7, 11) is 1.95. The normalized spacial score (nSPS) is 27.8. The fourth-order valence-electron chi connectivity index (χ4n) is 3.29. The van der Waals surface area contributed by atoms with Crippen molar-refractivity contribution in [2.45, 2.75) is 37.3 Å². The van der Waals surface area contributed by atoms with E-state index in [-0.39, 0.29) is 12.1 Å². The molecule has 0 bridgehead atoms. The summed E-state index contributed by atoms with van der Waals surface area (Å²) < 4.78 is 2.27. The molecule has 2 N–H and O–H groups in total. The second kappa shape index (κ2) is 4.94. The van der Waals surface area contributed by atoms with Crippen LogP contribution < -0.4 is 5.32 Å². The SMILES string of the molecule is CNC1(CO)CCCC(n2cnc3ccccc32)C1. The van der Waals surface area contributed by atoms with E-state index in [0.29, 0.717) is 6.04 Å². The number of likely N-dealkylation sites (N-methyl/N-ethyl adjacent to an activating group) is 1. The third-order valence-corrected chi connectivity index (χ3v) is 4.53. The number of rotatable bonds is 3. The molecule has 4 nitrogen and oxygen atoms in total. The van der Waals surface area contributed by atoms with Crippen LogP contribution >= 0.6 is 0 Å². The standard InChI is InChI=1S/C15H21N3O/c1-16-15(10-19)8-4-5-12(9-15)18-11-17-13-6-2-3-7-14(13)18/h2-3,6-7,11-12,16,19H,4-5,8-10H2,1H3. The van der Waals surface area contributed by atoms with Crippen molar-refractivity contribution in [3.8, 4) is 0 Å². The van der Waals surface area contributed by atoms with Crippen LogP contribution in [-0.4, -0.2) is 33.9 Å². The van der Waals surface area contributed by atoms with E-state index in [1.165, 1.54) is 5.52 Å². The Morgan fingerprint density at radius 3 is 3.11 bits per heavy atom. The van der Waals surface area contributed by atoms with Crippen molar-refractivity contribution in [3.05, 3.63) is 30.6 Å². The molecule has 4 heteroatoms. The van der Waals surface area contributed by atoms with E-state index >= 15 is 0 Å². The molecule has 0 radical (unpaired) electrons. The molecule has 2 unspecified atom stereocenters. The maximum Gasteiger partial charge on any atom is 0.0960 e. The second-order valence-electron chi connectivity index (χ2n) is 5.58. The van der Waals surface area contributed by atoms with Crippen LogP contribution in [0, 0.1) is 0 Å². The van der Waals surface area contributed by atoms with E-state index in [2.05, 4.69) is 27.0 Å². The number of para-hydroxylation sites is 2. The summed E-state index contributed by atoms with van der Waals surface area (Å²) in [6.07, 6.45) is 6.24. The van der Waals surface area contributed by atoms with Gasteiger partial charge in [0.2, 0.25) is 0 Å². The van der Waals surface area contributed by atoms with Gasteiger partial charge < -0.3 is 15.0 Å². The van der Waals surface area contributed by atoms with Gasteiger partial charge in [0.15, 0.2) is 0 Å². The Morgan fingerprint density at radius 2 is 2.32 bits per heavy atom. The predicted octanol–water partition coefficient (Wildman–Crippen LogP) is 2.10. The number of imidazole rings is 1. The third kappa shape index (κ3) is 2.15. The van der Waals surface area contributed by atoms with Crippen LogP contribution in [0.25, 0.3) is 11.0 Å². The van der Waals surface area contributed by atoms with E-state index in [4.69, 9.17) is 0 Å². The van der Waals surface area contributed by atoms with E-state index in [9.17, 15) is 5.11 Å². The molecule has 0 amide bonds. The minimum absolute atomic E-state index is 0.131. The first kappa shape index (κ1) is 12.6. The number of fused-ring (bicyclic) bond motifs is 1. The summed E-state index contributed by atoms with van der Waals surface area (Å²) in [6, 6.07) is 8.66. The molecule has 1 aliphatic carbocycles. The van der Waals surface area contributed by atoms with Crippen LogP contribution in [0.2, 0.25) is 0 Å². The van der Waals surface area contributed by atoms with E-state index < -0.39 is 0 Å². The van der Waals surface area contributed by atoms with Crippen molar-refractivity contribution in [1.82, 2.24) is 14.9 Å². The number of benzene rings is 1. The fraction of sp³-hybridized carbons (Fsp3) is 0.533. The van der Waals surface area contributed by atoms with Gasteiger partial charge in [0.25, 0.3) is 0 Å². The first-order chi connectivity index (χ1) is 9.28. The predicted molar refractivity (Wildman–Crippen MR) is 76.1 cm³/mol. The lowest BCUT2D eigenvalue weighted by Gasteiger charge is -2.40. The highest BCUT2D eigenvalue weighted by molar-refractivity contribution is 5.75. The average Bonchev–Trinajstić information content (AvgIpc) is 2.91. The monoisotopic (exact) mass is 259 g/mol. The Balaban J connectivity index is 1.93. The van der Waals surface area contributed by atoms with Crippen LogP contribution in [0.15, 0.2) is 30.6 Å². The largest absolute Gasteiger partial charge is 0.394 e. The van der Waals surface area contributed by atoms with Gasteiger partial charge in [-0.05, 0) is 44.9 Å². The molecular formula is C15H21N3O. The summed E-state index contributed by atoms with van der Waals surface area (Å²) in [4.78, 5) is 4.47. The highest BCUT2D eigenvalue weighted by Crippen LogP contribution is 2.36. The van der Waals surface area contributed by atoms with Gasteiger partial charge in [-0.15, -0.1) is 0 Å². The zero-order chi connectivity index (χ0) is 13.3. The topological polar surface area (TPSA) is 50.1 Å². The Bertz CT molecular complexity index is 559. The van der Waals surface area contributed by atoms with Gasteiger partial charge in [-0.2, -0.15) is 0 Å². The van der Waals surface area contributed by atoms with Crippen LogP contribution in [0.5, 0.6) is 0 Å². The molecule has 0 spiro atoms. The number of hydrogen-bond donors (Lipinski definition) is 2. The molecule has 1 aliphatic rings. The van der Waals surface area contributed by atoms with Gasteiger partial charge in [0.05, 0.1) is 24.0 Å². The molecule has 1 aromatic heterocycles. The Morgan fingerprint density at radius 1 is 1.47 bits per heavy atom. The molecule has 1 fully saturated rings. The lowest BCUT2D eigenvalue weighted by atomic mass is 9.79. The van der Waals surface area contributed by atoms with Gasteiger partial charge in [-0.3, -0.25) is 0 Å². The number of aliphatic hydroxyl groups excluding tert-OH is 1. The van der Waals surface area contributed by atoms with Crippen molar-refractivity contribution in [2.75, 3.05) is 13.7 Å². The van der Waals surface area contributed by atoms with E-state index in [1.807, 2.05) is 25.5 Å². The van der Waals surface area contributed by atoms with Crippen molar-refractivity contribution in [3.63, 3.8) is 0 Å². The number of hydrogen-bond acceptors (Lipinski definition) is 3. The molecule has 2 aromatic rings. The molecule has 1 heterocycles.